The second-order valence-electron chi connectivity index (χ2n) is 5.98. The maximum atomic E-state index is 10.5. The second kappa shape index (κ2) is 17.9. The van der Waals surface area contributed by atoms with Crippen LogP contribution in [-0.2, 0) is 4.74 Å². The van der Waals surface area contributed by atoms with E-state index in [1.54, 1.807) is 19.1 Å². The van der Waals surface area contributed by atoms with E-state index in [-0.39, 0.29) is 0 Å². The third-order valence-corrected chi connectivity index (χ3v) is 4.94. The predicted octanol–water partition coefficient (Wildman–Crippen LogP) is 6.40. The van der Waals surface area contributed by atoms with Gasteiger partial charge in [0.05, 0.1) is 12.7 Å². The first-order valence-corrected chi connectivity index (χ1v) is 11.5. The summed E-state index contributed by atoms with van der Waals surface area (Å²) in [5.41, 5.74) is 2.01. The maximum Gasteiger partial charge on any atom is 0.0964 e. The van der Waals surface area contributed by atoms with E-state index in [2.05, 4.69) is 21.3 Å². The Labute approximate surface area is 188 Å². The lowest BCUT2D eigenvalue weighted by atomic mass is 10.1. The predicted molar refractivity (Wildman–Crippen MR) is 133 cm³/mol. The topological polar surface area (TPSA) is 35.9 Å². The number of allylic oxidation sites excluding steroid dienone is 1. The summed E-state index contributed by atoms with van der Waals surface area (Å²) in [4.78, 5) is 3.26. The molecule has 2 aromatic carbocycles. The van der Waals surface area contributed by atoms with Gasteiger partial charge in [0.25, 0.3) is 0 Å². The Morgan fingerprint density at radius 2 is 1.60 bits per heavy atom. The molecule has 0 aliphatic rings. The van der Waals surface area contributed by atoms with Gasteiger partial charge in [-0.05, 0) is 54.9 Å². The molecule has 168 valence electrons. The van der Waals surface area contributed by atoms with Crippen molar-refractivity contribution < 1.29 is 9.84 Å². The number of hydrogen-bond acceptors (Lipinski definition) is 5. The highest BCUT2D eigenvalue weighted by molar-refractivity contribution is 8.00. The van der Waals surface area contributed by atoms with Crippen molar-refractivity contribution in [1.82, 2.24) is 4.90 Å². The Hall–Kier alpha value is -1.95. The van der Waals surface area contributed by atoms with Gasteiger partial charge in [0, 0.05) is 37.8 Å². The molecule has 1 unspecified atom stereocenters. The van der Waals surface area contributed by atoms with E-state index in [9.17, 15) is 5.11 Å². The molecule has 0 aromatic heterocycles. The number of rotatable bonds is 10. The van der Waals surface area contributed by atoms with Crippen LogP contribution in [0.2, 0.25) is 0 Å². The molecule has 0 aliphatic carbocycles. The van der Waals surface area contributed by atoms with Crippen molar-refractivity contribution in [2.45, 2.75) is 45.6 Å². The smallest absolute Gasteiger partial charge is 0.0964 e. The molecule has 0 aliphatic heterocycles. The summed E-state index contributed by atoms with van der Waals surface area (Å²) in [7, 11) is 3.73. The quantitative estimate of drug-likeness (QED) is 0.440. The van der Waals surface area contributed by atoms with Crippen molar-refractivity contribution in [2.75, 3.05) is 38.2 Å². The summed E-state index contributed by atoms with van der Waals surface area (Å²) in [6.07, 6.45) is 3.42. The van der Waals surface area contributed by atoms with E-state index in [1.807, 2.05) is 96.4 Å². The highest BCUT2D eigenvalue weighted by Gasteiger charge is 2.12. The lowest BCUT2D eigenvalue weighted by molar-refractivity contribution is 0.113. The minimum Gasteiger partial charge on any atom is -0.387 e. The summed E-state index contributed by atoms with van der Waals surface area (Å²) in [5.74, 6) is 0. The zero-order valence-electron chi connectivity index (χ0n) is 19.7. The number of hydrogen-bond donors (Lipinski definition) is 1. The van der Waals surface area contributed by atoms with Crippen molar-refractivity contribution in [3.05, 3.63) is 72.4 Å². The Bertz CT molecular complexity index is 663. The number of methoxy groups -OCH3 is 1. The van der Waals surface area contributed by atoms with Gasteiger partial charge in [-0.2, -0.15) is 0 Å². The van der Waals surface area contributed by atoms with Crippen LogP contribution in [0.1, 0.15) is 46.3 Å². The SMILES string of the molecule is C/C=C\N(CCOC)CC(O)c1ccc(N(C)Sc2ccccc2)cc1.CC.CC. The number of aliphatic hydroxyl groups excluding tert-OH is 1. The standard InChI is InChI=1S/C21H28N2O2S.2C2H6/c1-4-14-23(15-16-25-3)17-21(24)18-10-12-19(13-11-18)22(2)26-20-8-6-5-7-9-20;2*1-2/h4-14,21,24H,15-17H2,1-3H3;2*1-2H3/b14-4-;;. The highest BCUT2D eigenvalue weighted by atomic mass is 32.2. The normalized spacial score (nSPS) is 11.1. The van der Waals surface area contributed by atoms with Crippen molar-refractivity contribution in [1.29, 1.82) is 0 Å². The molecule has 4 nitrogen and oxygen atoms in total. The lowest BCUT2D eigenvalue weighted by Crippen LogP contribution is -2.27. The molecule has 30 heavy (non-hydrogen) atoms. The van der Waals surface area contributed by atoms with E-state index in [4.69, 9.17) is 4.74 Å². The summed E-state index contributed by atoms with van der Waals surface area (Å²) in [5, 5.41) is 10.5. The lowest BCUT2D eigenvalue weighted by Gasteiger charge is -2.24. The monoisotopic (exact) mass is 432 g/mol. The molecule has 0 saturated carbocycles. The highest BCUT2D eigenvalue weighted by Crippen LogP contribution is 2.28. The Morgan fingerprint density at radius 3 is 2.13 bits per heavy atom. The van der Waals surface area contributed by atoms with Gasteiger partial charge in [-0.25, -0.2) is 0 Å². The van der Waals surface area contributed by atoms with Gasteiger partial charge >= 0.3 is 0 Å². The number of benzene rings is 2. The molecule has 2 rings (SSSR count). The summed E-state index contributed by atoms with van der Waals surface area (Å²) in [6, 6.07) is 18.4. The van der Waals surface area contributed by atoms with Crippen molar-refractivity contribution in [2.24, 2.45) is 0 Å². The zero-order chi connectivity index (χ0) is 22.8. The zero-order valence-corrected chi connectivity index (χ0v) is 20.5. The minimum atomic E-state index is -0.538. The van der Waals surface area contributed by atoms with Crippen LogP contribution in [0, 0.1) is 0 Å². The van der Waals surface area contributed by atoms with Gasteiger partial charge in [0.1, 0.15) is 0 Å². The molecular weight excluding hydrogens is 392 g/mol. The third kappa shape index (κ3) is 10.7. The maximum absolute atomic E-state index is 10.5. The molecule has 2 aromatic rings. The molecule has 1 N–H and O–H groups in total. The van der Waals surface area contributed by atoms with E-state index in [0.717, 1.165) is 17.8 Å². The summed E-state index contributed by atoms with van der Waals surface area (Å²) < 4.78 is 7.25. The molecule has 0 fully saturated rings. The minimum absolute atomic E-state index is 0.538. The van der Waals surface area contributed by atoms with Gasteiger partial charge in [-0.3, -0.25) is 0 Å². The number of nitrogens with zero attached hydrogens (tertiary/aromatic N) is 2. The van der Waals surface area contributed by atoms with E-state index in [0.29, 0.717) is 13.2 Å². The van der Waals surface area contributed by atoms with Crippen LogP contribution in [0.3, 0.4) is 0 Å². The van der Waals surface area contributed by atoms with Crippen LogP contribution in [0.15, 0.2) is 71.8 Å². The molecule has 0 radical (unpaired) electrons. The van der Waals surface area contributed by atoms with Gasteiger partial charge in [0.15, 0.2) is 0 Å². The molecule has 0 saturated heterocycles. The number of ether oxygens (including phenoxy) is 1. The van der Waals surface area contributed by atoms with Crippen molar-refractivity contribution in [3.8, 4) is 0 Å². The average molecular weight is 433 g/mol. The van der Waals surface area contributed by atoms with E-state index >= 15 is 0 Å². The van der Waals surface area contributed by atoms with Crippen LogP contribution < -0.4 is 4.31 Å². The van der Waals surface area contributed by atoms with E-state index in [1.165, 1.54) is 4.90 Å². The average Bonchev–Trinajstić information content (AvgIpc) is 2.81. The first kappa shape index (κ1) is 28.1. The largest absolute Gasteiger partial charge is 0.387 e. The molecule has 0 amide bonds. The third-order valence-electron chi connectivity index (χ3n) is 3.98. The summed E-state index contributed by atoms with van der Waals surface area (Å²) in [6.45, 7) is 11.9. The molecule has 0 heterocycles. The first-order valence-electron chi connectivity index (χ1n) is 10.7. The molecule has 5 heteroatoms. The second-order valence-corrected chi connectivity index (χ2v) is 7.18. The fourth-order valence-corrected chi connectivity index (χ4v) is 3.39. The first-order chi connectivity index (χ1) is 14.6. The van der Waals surface area contributed by atoms with Crippen LogP contribution >= 0.6 is 11.9 Å². The fourth-order valence-electron chi connectivity index (χ4n) is 2.57. The van der Waals surface area contributed by atoms with Crippen LogP contribution in [-0.4, -0.2) is 43.9 Å². The van der Waals surface area contributed by atoms with Gasteiger partial charge < -0.3 is 19.0 Å². The fraction of sp³-hybridized carbons (Fsp3) is 0.440. The Kier molecular flexibility index (Phi) is 16.7. The summed E-state index contributed by atoms with van der Waals surface area (Å²) >= 11 is 1.68. The Morgan fingerprint density at radius 1 is 1.00 bits per heavy atom. The molecular formula is C25H40N2O2S. The number of anilines is 1. The molecule has 0 bridgehead atoms. The molecule has 1 atom stereocenters. The van der Waals surface area contributed by atoms with Crippen LogP contribution in [0.25, 0.3) is 0 Å². The van der Waals surface area contributed by atoms with Crippen LogP contribution in [0.4, 0.5) is 5.69 Å². The van der Waals surface area contributed by atoms with Gasteiger partial charge in [-0.15, -0.1) is 0 Å². The van der Waals surface area contributed by atoms with Crippen LogP contribution in [0.5, 0.6) is 0 Å². The van der Waals surface area contributed by atoms with Gasteiger partial charge in [0.2, 0.25) is 0 Å². The molecule has 0 spiro atoms. The van der Waals surface area contributed by atoms with Crippen molar-refractivity contribution in [3.63, 3.8) is 0 Å². The Balaban J connectivity index is 0.00000198. The number of aliphatic hydroxyl groups is 1. The van der Waals surface area contributed by atoms with Crippen molar-refractivity contribution >= 4 is 17.6 Å². The van der Waals surface area contributed by atoms with Gasteiger partial charge in [-0.1, -0.05) is 64.1 Å². The van der Waals surface area contributed by atoms with E-state index < -0.39 is 6.10 Å².